The molecule has 84 valence electrons. The summed E-state index contributed by atoms with van der Waals surface area (Å²) in [4.78, 5) is 0. The summed E-state index contributed by atoms with van der Waals surface area (Å²) in [6.45, 7) is 10.7. The summed E-state index contributed by atoms with van der Waals surface area (Å²) in [6, 6.07) is 0. The molecule has 0 spiro atoms. The smallest absolute Gasteiger partial charge is 0.0828 e. The largest absolute Gasteiger partial charge is 0.390 e. The lowest BCUT2D eigenvalue weighted by molar-refractivity contribution is -0.176. The van der Waals surface area contributed by atoms with E-state index >= 15 is 0 Å². The number of rotatable bonds is 2. The Morgan fingerprint density at radius 3 is 2.29 bits per heavy atom. The van der Waals surface area contributed by atoms with Crippen LogP contribution in [0.15, 0.2) is 0 Å². The molecule has 1 fully saturated rings. The van der Waals surface area contributed by atoms with Gasteiger partial charge in [0.05, 0.1) is 18.3 Å². The van der Waals surface area contributed by atoms with E-state index in [0.717, 1.165) is 6.42 Å². The van der Waals surface area contributed by atoms with Crippen LogP contribution in [0.3, 0.4) is 0 Å². The lowest BCUT2D eigenvalue weighted by Crippen LogP contribution is -2.49. The summed E-state index contributed by atoms with van der Waals surface area (Å²) < 4.78 is 5.88. The van der Waals surface area contributed by atoms with Gasteiger partial charge in [-0.05, 0) is 24.7 Å². The van der Waals surface area contributed by atoms with Gasteiger partial charge in [0, 0.05) is 0 Å². The molecule has 2 nitrogen and oxygen atoms in total. The quantitative estimate of drug-likeness (QED) is 0.742. The van der Waals surface area contributed by atoms with Gasteiger partial charge in [0.25, 0.3) is 0 Å². The molecule has 2 unspecified atom stereocenters. The van der Waals surface area contributed by atoms with Crippen molar-refractivity contribution >= 4 is 0 Å². The summed E-state index contributed by atoms with van der Waals surface area (Å²) in [5.41, 5.74) is 0. The topological polar surface area (TPSA) is 29.5 Å². The molecule has 1 aliphatic heterocycles. The number of hydrogen-bond donors (Lipinski definition) is 1. The monoisotopic (exact) mass is 200 g/mol. The fraction of sp³-hybridized carbons (Fsp3) is 1.00. The molecule has 1 N–H and O–H groups in total. The lowest BCUT2D eigenvalue weighted by atomic mass is 9.77. The van der Waals surface area contributed by atoms with Crippen LogP contribution >= 0.6 is 0 Å². The SMILES string of the molecule is CC[C@@H](C)C1O[C@H](C)C(O)[C@@H](C)[C@@H]1C. The molecule has 0 aromatic rings. The molecule has 0 amide bonds. The van der Waals surface area contributed by atoms with Crippen molar-refractivity contribution in [1.82, 2.24) is 0 Å². The second kappa shape index (κ2) is 4.63. The van der Waals surface area contributed by atoms with Crippen molar-refractivity contribution in [1.29, 1.82) is 0 Å². The highest BCUT2D eigenvalue weighted by Gasteiger charge is 2.39. The Labute approximate surface area is 87.7 Å². The Morgan fingerprint density at radius 2 is 1.79 bits per heavy atom. The van der Waals surface area contributed by atoms with E-state index in [1.165, 1.54) is 0 Å². The molecule has 1 saturated heterocycles. The van der Waals surface area contributed by atoms with Gasteiger partial charge in [-0.1, -0.05) is 34.1 Å². The number of hydrogen-bond acceptors (Lipinski definition) is 2. The number of aliphatic hydroxyl groups is 1. The summed E-state index contributed by atoms with van der Waals surface area (Å²) in [7, 11) is 0. The predicted molar refractivity (Wildman–Crippen MR) is 58.1 cm³/mol. The molecule has 14 heavy (non-hydrogen) atoms. The fourth-order valence-electron chi connectivity index (χ4n) is 2.37. The average Bonchev–Trinajstić information content (AvgIpc) is 2.19. The molecular weight excluding hydrogens is 176 g/mol. The van der Waals surface area contributed by atoms with Crippen molar-refractivity contribution in [2.75, 3.05) is 0 Å². The maximum atomic E-state index is 9.86. The Kier molecular flexibility index (Phi) is 3.96. The van der Waals surface area contributed by atoms with Crippen molar-refractivity contribution in [3.63, 3.8) is 0 Å². The highest BCUT2D eigenvalue weighted by atomic mass is 16.5. The average molecular weight is 200 g/mol. The maximum Gasteiger partial charge on any atom is 0.0828 e. The first kappa shape index (κ1) is 12.0. The van der Waals surface area contributed by atoms with Crippen molar-refractivity contribution in [3.8, 4) is 0 Å². The fourth-order valence-corrected chi connectivity index (χ4v) is 2.37. The van der Waals surface area contributed by atoms with Gasteiger partial charge >= 0.3 is 0 Å². The first-order valence-electron chi connectivity index (χ1n) is 5.82. The van der Waals surface area contributed by atoms with Crippen molar-refractivity contribution in [3.05, 3.63) is 0 Å². The van der Waals surface area contributed by atoms with Crippen LogP contribution in [0.5, 0.6) is 0 Å². The predicted octanol–water partition coefficient (Wildman–Crippen LogP) is 2.45. The van der Waals surface area contributed by atoms with Crippen LogP contribution in [-0.2, 0) is 4.74 Å². The molecule has 1 heterocycles. The van der Waals surface area contributed by atoms with Crippen LogP contribution in [0.4, 0.5) is 0 Å². The standard InChI is InChI=1S/C12H24O2/c1-6-7(2)12-9(4)8(3)11(13)10(5)14-12/h7-13H,6H2,1-5H3/t7-,8+,9+,10-,11?,12?/m1/s1. The molecule has 0 bridgehead atoms. The first-order valence-corrected chi connectivity index (χ1v) is 5.82. The van der Waals surface area contributed by atoms with E-state index in [1.54, 1.807) is 0 Å². The normalized spacial score (nSPS) is 46.3. The summed E-state index contributed by atoms with van der Waals surface area (Å²) in [6.07, 6.45) is 1.14. The zero-order valence-corrected chi connectivity index (χ0v) is 10.0. The minimum atomic E-state index is -0.301. The second-order valence-electron chi connectivity index (χ2n) is 4.90. The van der Waals surface area contributed by atoms with E-state index in [1.807, 2.05) is 6.92 Å². The highest BCUT2D eigenvalue weighted by molar-refractivity contribution is 4.87. The molecule has 0 radical (unpaired) electrons. The van der Waals surface area contributed by atoms with Crippen molar-refractivity contribution < 1.29 is 9.84 Å². The molecule has 0 aromatic heterocycles. The first-order chi connectivity index (χ1) is 6.49. The van der Waals surface area contributed by atoms with Gasteiger partial charge in [-0.3, -0.25) is 0 Å². The maximum absolute atomic E-state index is 9.86. The van der Waals surface area contributed by atoms with E-state index in [2.05, 4.69) is 27.7 Å². The molecule has 1 rings (SSSR count). The molecule has 0 aliphatic carbocycles. The third kappa shape index (κ3) is 2.12. The van der Waals surface area contributed by atoms with E-state index in [-0.39, 0.29) is 12.2 Å². The van der Waals surface area contributed by atoms with Gasteiger partial charge < -0.3 is 9.84 Å². The van der Waals surface area contributed by atoms with Gasteiger partial charge in [0.2, 0.25) is 0 Å². The Hall–Kier alpha value is -0.0800. The zero-order chi connectivity index (χ0) is 10.9. The molecule has 0 aromatic carbocycles. The van der Waals surface area contributed by atoms with Gasteiger partial charge in [-0.15, -0.1) is 0 Å². The number of aliphatic hydroxyl groups excluding tert-OH is 1. The minimum absolute atomic E-state index is 0.0137. The van der Waals surface area contributed by atoms with Gasteiger partial charge in [-0.2, -0.15) is 0 Å². The van der Waals surface area contributed by atoms with E-state index in [9.17, 15) is 5.11 Å². The lowest BCUT2D eigenvalue weighted by Gasteiger charge is -2.43. The molecule has 2 heteroatoms. The third-order valence-corrected chi connectivity index (χ3v) is 3.94. The second-order valence-corrected chi connectivity index (χ2v) is 4.90. The van der Waals surface area contributed by atoms with E-state index < -0.39 is 0 Å². The van der Waals surface area contributed by atoms with E-state index in [4.69, 9.17) is 4.74 Å². The van der Waals surface area contributed by atoms with Crippen LogP contribution in [0.25, 0.3) is 0 Å². The molecular formula is C12H24O2. The minimum Gasteiger partial charge on any atom is -0.390 e. The van der Waals surface area contributed by atoms with Crippen LogP contribution < -0.4 is 0 Å². The highest BCUT2D eigenvalue weighted by Crippen LogP contribution is 2.34. The Balaban J connectivity index is 2.70. The zero-order valence-electron chi connectivity index (χ0n) is 10.0. The Morgan fingerprint density at radius 1 is 1.21 bits per heavy atom. The molecule has 1 aliphatic rings. The summed E-state index contributed by atoms with van der Waals surface area (Å²) in [5.74, 6) is 1.39. The van der Waals surface area contributed by atoms with Crippen LogP contribution in [-0.4, -0.2) is 23.4 Å². The summed E-state index contributed by atoms with van der Waals surface area (Å²) in [5, 5.41) is 9.86. The van der Waals surface area contributed by atoms with Gasteiger partial charge in [0.15, 0.2) is 0 Å². The Bertz CT molecular complexity index is 181. The van der Waals surface area contributed by atoms with Gasteiger partial charge in [0.1, 0.15) is 0 Å². The van der Waals surface area contributed by atoms with Crippen LogP contribution in [0.2, 0.25) is 0 Å². The molecule has 6 atom stereocenters. The van der Waals surface area contributed by atoms with Crippen LogP contribution in [0.1, 0.15) is 41.0 Å². The van der Waals surface area contributed by atoms with Crippen molar-refractivity contribution in [2.45, 2.75) is 59.4 Å². The summed E-state index contributed by atoms with van der Waals surface area (Å²) >= 11 is 0. The van der Waals surface area contributed by atoms with Gasteiger partial charge in [-0.25, -0.2) is 0 Å². The van der Waals surface area contributed by atoms with E-state index in [0.29, 0.717) is 23.9 Å². The molecule has 0 saturated carbocycles. The van der Waals surface area contributed by atoms with Crippen LogP contribution in [0, 0.1) is 17.8 Å². The third-order valence-electron chi connectivity index (χ3n) is 3.94. The van der Waals surface area contributed by atoms with Crippen molar-refractivity contribution in [2.24, 2.45) is 17.8 Å². The number of ether oxygens (including phenoxy) is 1.